The summed E-state index contributed by atoms with van der Waals surface area (Å²) >= 11 is 1.28. The predicted molar refractivity (Wildman–Crippen MR) is 72.4 cm³/mol. The van der Waals surface area contributed by atoms with Gasteiger partial charge in [-0.3, -0.25) is 9.48 Å². The Bertz CT molecular complexity index is 660. The number of thioether (sulfide) groups is 1. The average molecular weight is 280 g/mol. The van der Waals surface area contributed by atoms with E-state index < -0.39 is 5.97 Å². The highest BCUT2D eigenvalue weighted by atomic mass is 32.2. The van der Waals surface area contributed by atoms with Crippen molar-refractivity contribution in [2.75, 3.05) is 5.75 Å². The van der Waals surface area contributed by atoms with Crippen LogP contribution in [0.5, 0.6) is 0 Å². The van der Waals surface area contributed by atoms with E-state index in [1.807, 2.05) is 18.7 Å². The minimum atomic E-state index is -0.817. The Morgan fingerprint density at radius 2 is 2.26 bits per heavy atom. The lowest BCUT2D eigenvalue weighted by Crippen LogP contribution is -2.05. The molecule has 0 amide bonds. The summed E-state index contributed by atoms with van der Waals surface area (Å²) in [5.41, 5.74) is 2.77. The molecule has 1 N–H and O–H groups in total. The maximum atomic E-state index is 10.7. The van der Waals surface area contributed by atoms with Gasteiger partial charge in [0.2, 0.25) is 0 Å². The summed E-state index contributed by atoms with van der Waals surface area (Å²) in [7, 11) is 1.91. The van der Waals surface area contributed by atoms with Crippen molar-refractivity contribution in [3.63, 3.8) is 0 Å². The Balaban J connectivity index is 2.09. The van der Waals surface area contributed by atoms with Gasteiger partial charge in [-0.25, -0.2) is 4.98 Å². The Hall–Kier alpha value is -1.50. The second-order valence-electron chi connectivity index (χ2n) is 5.11. The van der Waals surface area contributed by atoms with E-state index in [1.165, 1.54) is 11.8 Å². The van der Waals surface area contributed by atoms with Gasteiger partial charge in [0.1, 0.15) is 5.52 Å². The first kappa shape index (κ1) is 12.5. The van der Waals surface area contributed by atoms with Gasteiger partial charge < -0.3 is 9.67 Å². The molecule has 19 heavy (non-hydrogen) atoms. The fraction of sp³-hybridized carbons (Fsp3) is 0.583. The minimum absolute atomic E-state index is 0.0386. The molecule has 2 unspecified atom stereocenters. The van der Waals surface area contributed by atoms with Crippen molar-refractivity contribution in [2.45, 2.75) is 31.5 Å². The van der Waals surface area contributed by atoms with Crippen LogP contribution in [-0.4, -0.2) is 36.2 Å². The number of carboxylic acid groups (broad SMARTS) is 1. The van der Waals surface area contributed by atoms with Crippen LogP contribution in [0.1, 0.15) is 25.1 Å². The van der Waals surface area contributed by atoms with Crippen molar-refractivity contribution in [2.24, 2.45) is 13.0 Å². The fourth-order valence-electron chi connectivity index (χ4n) is 2.47. The number of aryl methyl sites for hydroxylation is 2. The molecule has 0 radical (unpaired) electrons. The summed E-state index contributed by atoms with van der Waals surface area (Å²) in [5.74, 6) is -0.157. The first-order chi connectivity index (χ1) is 8.99. The molecule has 2 aromatic heterocycles. The van der Waals surface area contributed by atoms with Gasteiger partial charge in [0, 0.05) is 13.1 Å². The Kier molecular flexibility index (Phi) is 2.81. The molecule has 1 fully saturated rings. The number of aromatic nitrogens is 4. The summed E-state index contributed by atoms with van der Waals surface area (Å²) in [5, 5.41) is 14.0. The van der Waals surface area contributed by atoms with Crippen LogP contribution in [0.25, 0.3) is 11.2 Å². The number of fused-ring (bicyclic) bond motifs is 1. The number of carbonyl (C=O) groups is 1. The van der Waals surface area contributed by atoms with Gasteiger partial charge in [-0.1, -0.05) is 18.7 Å². The van der Waals surface area contributed by atoms with Gasteiger partial charge in [-0.05, 0) is 19.3 Å². The maximum Gasteiger partial charge on any atom is 0.313 e. The topological polar surface area (TPSA) is 72.9 Å². The second kappa shape index (κ2) is 4.26. The summed E-state index contributed by atoms with van der Waals surface area (Å²) in [6.07, 6.45) is 1.12. The van der Waals surface area contributed by atoms with Crippen LogP contribution >= 0.6 is 11.8 Å². The first-order valence-corrected chi connectivity index (χ1v) is 7.23. The lowest BCUT2D eigenvalue weighted by Gasteiger charge is -2.07. The molecule has 7 heteroatoms. The molecule has 1 aliphatic carbocycles. The third-order valence-corrected chi connectivity index (χ3v) is 4.46. The molecule has 0 aromatic carbocycles. The smallest absolute Gasteiger partial charge is 0.313 e. The molecule has 0 bridgehead atoms. The number of aliphatic carboxylic acids is 1. The van der Waals surface area contributed by atoms with Gasteiger partial charge in [-0.2, -0.15) is 5.10 Å². The van der Waals surface area contributed by atoms with E-state index in [2.05, 4.69) is 21.6 Å². The SMILES string of the molecule is Cc1nn(C)c2c1nc(SCC(=O)O)n2C1CC1C. The van der Waals surface area contributed by atoms with Crippen molar-refractivity contribution >= 4 is 28.9 Å². The third kappa shape index (κ3) is 2.01. The van der Waals surface area contributed by atoms with Gasteiger partial charge in [0.05, 0.1) is 11.4 Å². The Morgan fingerprint density at radius 1 is 1.58 bits per heavy atom. The van der Waals surface area contributed by atoms with Gasteiger partial charge >= 0.3 is 5.97 Å². The molecule has 0 saturated heterocycles. The number of imidazole rings is 1. The van der Waals surface area contributed by atoms with Gasteiger partial charge in [0.15, 0.2) is 10.8 Å². The number of hydrogen-bond acceptors (Lipinski definition) is 4. The van der Waals surface area contributed by atoms with Crippen molar-refractivity contribution in [3.8, 4) is 0 Å². The van der Waals surface area contributed by atoms with Crippen LogP contribution in [0.4, 0.5) is 0 Å². The summed E-state index contributed by atoms with van der Waals surface area (Å²) in [6, 6.07) is 0.427. The van der Waals surface area contributed by atoms with Crippen molar-refractivity contribution in [1.82, 2.24) is 19.3 Å². The van der Waals surface area contributed by atoms with Crippen LogP contribution in [0.2, 0.25) is 0 Å². The zero-order valence-electron chi connectivity index (χ0n) is 11.1. The quantitative estimate of drug-likeness (QED) is 0.865. The van der Waals surface area contributed by atoms with Crippen LogP contribution in [-0.2, 0) is 11.8 Å². The summed E-state index contributed by atoms with van der Waals surface area (Å²) in [4.78, 5) is 15.3. The average Bonchev–Trinajstić information content (AvgIpc) is 2.83. The highest BCUT2D eigenvalue weighted by molar-refractivity contribution is 7.99. The molecule has 2 atom stereocenters. The van der Waals surface area contributed by atoms with E-state index in [0.717, 1.165) is 28.4 Å². The molecule has 2 heterocycles. The number of rotatable bonds is 4. The Labute approximate surface area is 114 Å². The molecular weight excluding hydrogens is 264 g/mol. The predicted octanol–water partition coefficient (Wildman–Crippen LogP) is 1.84. The molecule has 0 spiro atoms. The van der Waals surface area contributed by atoms with Crippen LogP contribution < -0.4 is 0 Å². The largest absolute Gasteiger partial charge is 0.481 e. The lowest BCUT2D eigenvalue weighted by molar-refractivity contribution is -0.133. The molecule has 1 saturated carbocycles. The monoisotopic (exact) mass is 280 g/mol. The second-order valence-corrected chi connectivity index (χ2v) is 6.05. The van der Waals surface area contributed by atoms with Crippen molar-refractivity contribution in [3.05, 3.63) is 5.69 Å². The normalized spacial score (nSPS) is 22.1. The zero-order valence-corrected chi connectivity index (χ0v) is 11.9. The zero-order chi connectivity index (χ0) is 13.7. The van der Waals surface area contributed by atoms with Crippen LogP contribution in [0, 0.1) is 12.8 Å². The molecule has 1 aliphatic rings. The van der Waals surface area contributed by atoms with E-state index in [-0.39, 0.29) is 5.75 Å². The van der Waals surface area contributed by atoms with Crippen molar-refractivity contribution in [1.29, 1.82) is 0 Å². The van der Waals surface area contributed by atoms with Crippen molar-refractivity contribution < 1.29 is 9.90 Å². The van der Waals surface area contributed by atoms with E-state index >= 15 is 0 Å². The van der Waals surface area contributed by atoms with Gasteiger partial charge in [-0.15, -0.1) is 0 Å². The standard InChI is InChI=1S/C12H16N4O2S/c1-6-4-8(6)16-11-10(7(2)14-15(11)3)13-12(16)19-5-9(17)18/h6,8H,4-5H2,1-3H3,(H,17,18). The number of nitrogens with zero attached hydrogens (tertiary/aromatic N) is 4. The van der Waals surface area contributed by atoms with Gasteiger partial charge in [0.25, 0.3) is 0 Å². The molecule has 0 aliphatic heterocycles. The van der Waals surface area contributed by atoms with Crippen LogP contribution in [0.3, 0.4) is 0 Å². The minimum Gasteiger partial charge on any atom is -0.481 e. The number of hydrogen-bond donors (Lipinski definition) is 1. The molecule has 102 valence electrons. The Morgan fingerprint density at radius 3 is 2.84 bits per heavy atom. The highest BCUT2D eigenvalue weighted by Gasteiger charge is 2.38. The lowest BCUT2D eigenvalue weighted by atomic mass is 10.4. The van der Waals surface area contributed by atoms with E-state index in [4.69, 9.17) is 5.11 Å². The van der Waals surface area contributed by atoms with E-state index in [9.17, 15) is 4.79 Å². The van der Waals surface area contributed by atoms with Crippen LogP contribution in [0.15, 0.2) is 5.16 Å². The van der Waals surface area contributed by atoms with E-state index in [1.54, 1.807) is 0 Å². The molecule has 3 rings (SSSR count). The number of carboxylic acids is 1. The molecule has 6 nitrogen and oxygen atoms in total. The summed E-state index contributed by atoms with van der Waals surface area (Å²) < 4.78 is 4.00. The maximum absolute atomic E-state index is 10.7. The highest BCUT2D eigenvalue weighted by Crippen LogP contribution is 2.46. The third-order valence-electron chi connectivity index (χ3n) is 3.53. The summed E-state index contributed by atoms with van der Waals surface area (Å²) in [6.45, 7) is 4.13. The first-order valence-electron chi connectivity index (χ1n) is 6.25. The molecule has 2 aromatic rings. The fourth-order valence-corrected chi connectivity index (χ4v) is 3.23. The van der Waals surface area contributed by atoms with E-state index in [0.29, 0.717) is 12.0 Å². The molecular formula is C12H16N4O2S.